The monoisotopic (exact) mass is 406 g/mol. The van der Waals surface area contributed by atoms with E-state index in [1.165, 1.54) is 0 Å². The normalized spacial score (nSPS) is 24.5. The zero-order valence-corrected chi connectivity index (χ0v) is 16.6. The quantitative estimate of drug-likeness (QED) is 0.219. The van der Waals surface area contributed by atoms with Gasteiger partial charge in [0.2, 0.25) is 11.8 Å². The van der Waals surface area contributed by atoms with Gasteiger partial charge in [-0.3, -0.25) is 9.59 Å². The molecule has 1 unspecified atom stereocenters. The van der Waals surface area contributed by atoms with Crippen molar-refractivity contribution < 1.29 is 14.4 Å². The van der Waals surface area contributed by atoms with E-state index in [1.807, 2.05) is 11.8 Å². The number of amides is 4. The first-order valence-electron chi connectivity index (χ1n) is 8.54. The maximum atomic E-state index is 11.8. The molecule has 0 saturated carbocycles. The number of urea groups is 1. The van der Waals surface area contributed by atoms with Crippen molar-refractivity contribution in [1.82, 2.24) is 16.0 Å². The van der Waals surface area contributed by atoms with Crippen LogP contribution in [0, 0.1) is 0 Å². The fraction of sp³-hybridized carbons (Fsp3) is 0.800. The van der Waals surface area contributed by atoms with E-state index >= 15 is 0 Å². The van der Waals surface area contributed by atoms with Gasteiger partial charge in [0.15, 0.2) is 0 Å². The maximum absolute atomic E-state index is 11.8. The van der Waals surface area contributed by atoms with Gasteiger partial charge in [0, 0.05) is 41.9 Å². The fourth-order valence-electron chi connectivity index (χ4n) is 2.85. The molecule has 7 nitrogen and oxygen atoms in total. The van der Waals surface area contributed by atoms with Gasteiger partial charge in [-0.1, -0.05) is 28.0 Å². The fourth-order valence-corrected chi connectivity index (χ4v) is 6.31. The molecule has 0 aliphatic carbocycles. The molecule has 4 amide bonds. The lowest BCUT2D eigenvalue weighted by Gasteiger charge is -2.16. The van der Waals surface area contributed by atoms with E-state index < -0.39 is 0 Å². The predicted octanol–water partition coefficient (Wildman–Crippen LogP) is 1.09. The number of rotatable bonds is 12. The summed E-state index contributed by atoms with van der Waals surface area (Å²) < 4.78 is 0. The van der Waals surface area contributed by atoms with Crippen molar-refractivity contribution in [2.75, 3.05) is 23.8 Å². The molecule has 0 radical (unpaired) electrons. The van der Waals surface area contributed by atoms with Crippen LogP contribution in [0.1, 0.15) is 32.1 Å². The number of nitrogens with two attached hydrogens (primary N) is 1. The van der Waals surface area contributed by atoms with E-state index in [1.54, 1.807) is 21.6 Å². The Kier molecular flexibility index (Phi) is 9.11. The first-order valence-corrected chi connectivity index (χ1v) is 12.1. The summed E-state index contributed by atoms with van der Waals surface area (Å²) in [6, 6.07) is 0.463. The highest BCUT2D eigenvalue weighted by Gasteiger charge is 2.42. The van der Waals surface area contributed by atoms with Crippen molar-refractivity contribution >= 4 is 51.2 Å². The number of unbranched alkanes of at least 4 members (excludes halogenated alkanes) is 1. The Morgan fingerprint density at radius 3 is 2.80 bits per heavy atom. The number of carbonyl (C=O) groups is 3. The molecular weight excluding hydrogens is 380 g/mol. The van der Waals surface area contributed by atoms with Gasteiger partial charge in [-0.2, -0.15) is 11.8 Å². The summed E-state index contributed by atoms with van der Waals surface area (Å²) in [7, 11) is 3.25. The molecule has 3 atom stereocenters. The third-order valence-corrected chi connectivity index (χ3v) is 8.02. The van der Waals surface area contributed by atoms with Crippen LogP contribution in [0.3, 0.4) is 0 Å². The van der Waals surface area contributed by atoms with Crippen molar-refractivity contribution in [3.8, 4) is 0 Å². The van der Waals surface area contributed by atoms with Gasteiger partial charge in [-0.25, -0.2) is 4.79 Å². The second-order valence-electron chi connectivity index (χ2n) is 6.08. The lowest BCUT2D eigenvalue weighted by atomic mass is 10.0. The smallest absolute Gasteiger partial charge is 0.315 e. The molecule has 5 N–H and O–H groups in total. The maximum Gasteiger partial charge on any atom is 0.315 e. The summed E-state index contributed by atoms with van der Waals surface area (Å²) in [4.78, 5) is 33.7. The molecule has 25 heavy (non-hydrogen) atoms. The van der Waals surface area contributed by atoms with E-state index in [0.29, 0.717) is 30.4 Å². The number of thioether (sulfide) groups is 1. The molecule has 2 saturated heterocycles. The number of fused-ring (bicyclic) bond motifs is 1. The molecule has 2 aliphatic heterocycles. The largest absolute Gasteiger partial charge is 0.370 e. The topological polar surface area (TPSA) is 113 Å². The van der Waals surface area contributed by atoms with Crippen LogP contribution in [-0.4, -0.2) is 59.0 Å². The lowest BCUT2D eigenvalue weighted by molar-refractivity contribution is -0.121. The molecule has 0 aromatic rings. The summed E-state index contributed by atoms with van der Waals surface area (Å²) in [5, 5.41) is 9.31. The van der Waals surface area contributed by atoms with Crippen LogP contribution in [-0.2, 0) is 9.59 Å². The van der Waals surface area contributed by atoms with Gasteiger partial charge < -0.3 is 21.7 Å². The molecule has 0 aromatic heterocycles. The summed E-state index contributed by atoms with van der Waals surface area (Å²) in [5.74, 6) is 2.33. The minimum Gasteiger partial charge on any atom is -0.370 e. The Morgan fingerprint density at radius 1 is 1.20 bits per heavy atom. The van der Waals surface area contributed by atoms with Crippen LogP contribution >= 0.6 is 33.3 Å². The first kappa shape index (κ1) is 20.6. The first-order chi connectivity index (χ1) is 12.1. The van der Waals surface area contributed by atoms with Crippen LogP contribution in [0.4, 0.5) is 4.79 Å². The van der Waals surface area contributed by atoms with Gasteiger partial charge >= 0.3 is 6.03 Å². The second kappa shape index (κ2) is 11.1. The molecule has 0 bridgehead atoms. The highest BCUT2D eigenvalue weighted by molar-refractivity contribution is 8.76. The Labute approximate surface area is 160 Å². The van der Waals surface area contributed by atoms with E-state index in [4.69, 9.17) is 5.73 Å². The van der Waals surface area contributed by atoms with Crippen molar-refractivity contribution in [1.29, 1.82) is 0 Å². The van der Waals surface area contributed by atoms with Gasteiger partial charge in [0.25, 0.3) is 0 Å². The third-order valence-electron chi connectivity index (χ3n) is 4.10. The Balaban J connectivity index is 1.42. The highest BCUT2D eigenvalue weighted by atomic mass is 33.1. The Bertz CT molecular complexity index is 481. The Morgan fingerprint density at radius 2 is 2.00 bits per heavy atom. The third kappa shape index (κ3) is 7.57. The van der Waals surface area contributed by atoms with Crippen LogP contribution in [0.5, 0.6) is 0 Å². The van der Waals surface area contributed by atoms with E-state index in [-0.39, 0.29) is 29.9 Å². The molecule has 10 heteroatoms. The van der Waals surface area contributed by atoms with Crippen LogP contribution in [0.25, 0.3) is 0 Å². The van der Waals surface area contributed by atoms with Crippen molar-refractivity contribution in [2.24, 2.45) is 5.73 Å². The molecule has 0 spiro atoms. The number of hydrogen-bond acceptors (Lipinski definition) is 6. The summed E-state index contributed by atoms with van der Waals surface area (Å²) in [6.45, 7) is 0.646. The molecule has 2 aliphatic rings. The van der Waals surface area contributed by atoms with E-state index in [0.717, 1.165) is 30.8 Å². The molecule has 0 aromatic carbocycles. The second-order valence-corrected chi connectivity index (χ2v) is 10.1. The molecule has 142 valence electrons. The zero-order chi connectivity index (χ0) is 18.1. The minimum atomic E-state index is -0.278. The average molecular weight is 407 g/mol. The summed E-state index contributed by atoms with van der Waals surface area (Å²) in [5.41, 5.74) is 5.06. The minimum absolute atomic E-state index is 0.0506. The van der Waals surface area contributed by atoms with Crippen LogP contribution in [0.15, 0.2) is 0 Å². The van der Waals surface area contributed by atoms with Crippen molar-refractivity contribution in [3.63, 3.8) is 0 Å². The highest BCUT2D eigenvalue weighted by Crippen LogP contribution is 2.33. The summed E-state index contributed by atoms with van der Waals surface area (Å²) >= 11 is 1.91. The predicted molar refractivity (Wildman–Crippen MR) is 106 cm³/mol. The van der Waals surface area contributed by atoms with E-state index in [9.17, 15) is 14.4 Å². The lowest BCUT2D eigenvalue weighted by Crippen LogP contribution is -2.36. The SMILES string of the molecule is NC(=O)CCSSCCNC(=O)CCCCC1SC[C@@H]2NC(=O)N[C@H]12. The number of carbonyl (C=O) groups excluding carboxylic acids is 3. The zero-order valence-electron chi connectivity index (χ0n) is 14.1. The Hall–Kier alpha value is -0.740. The van der Waals surface area contributed by atoms with Crippen molar-refractivity contribution in [3.05, 3.63) is 0 Å². The van der Waals surface area contributed by atoms with Gasteiger partial charge in [-0.05, 0) is 12.8 Å². The molecule has 2 rings (SSSR count). The van der Waals surface area contributed by atoms with Gasteiger partial charge in [-0.15, -0.1) is 0 Å². The standard InChI is InChI=1S/C15H26N4O3S3/c16-12(20)5-7-24-25-8-6-17-13(21)4-2-1-3-11-14-10(9-23-11)18-15(22)19-14/h10-11,14H,1-9H2,(H2,16,20)(H,17,21)(H2,18,19,22)/t10-,11?,14-/m0/s1. The summed E-state index contributed by atoms with van der Waals surface area (Å²) in [6.07, 6.45) is 3.86. The van der Waals surface area contributed by atoms with Gasteiger partial charge in [0.05, 0.1) is 12.1 Å². The number of hydrogen-bond donors (Lipinski definition) is 4. The van der Waals surface area contributed by atoms with Crippen LogP contribution in [0.2, 0.25) is 0 Å². The average Bonchev–Trinajstić information content (AvgIpc) is 3.10. The van der Waals surface area contributed by atoms with Crippen molar-refractivity contribution in [2.45, 2.75) is 49.4 Å². The number of nitrogens with one attached hydrogen (secondary N) is 3. The molecule has 2 fully saturated rings. The number of primary amides is 1. The van der Waals surface area contributed by atoms with E-state index in [2.05, 4.69) is 16.0 Å². The van der Waals surface area contributed by atoms with Gasteiger partial charge in [0.1, 0.15) is 0 Å². The molecular formula is C15H26N4O3S3. The molecule has 2 heterocycles. The van der Waals surface area contributed by atoms with Crippen LogP contribution < -0.4 is 21.7 Å².